The monoisotopic (exact) mass is 546 g/mol. The highest BCUT2D eigenvalue weighted by Gasteiger charge is 2.51. The molecule has 0 aliphatic carbocycles. The first-order valence-corrected chi connectivity index (χ1v) is 13.9. The van der Waals surface area contributed by atoms with Crippen LogP contribution in [0.25, 0.3) is 10.2 Å². The van der Waals surface area contributed by atoms with Crippen molar-refractivity contribution in [1.29, 1.82) is 0 Å². The molecule has 1 atom stereocenters. The van der Waals surface area contributed by atoms with Crippen molar-refractivity contribution in [2.75, 3.05) is 31.5 Å². The van der Waals surface area contributed by atoms with Crippen LogP contribution in [0.3, 0.4) is 0 Å². The predicted octanol–water partition coefficient (Wildman–Crippen LogP) is 4.46. The number of benzene rings is 3. The fourth-order valence-corrected chi connectivity index (χ4v) is 6.84. The fraction of sp³-hybridized carbons (Fsp3) is 0.300. The molecule has 200 valence electrons. The van der Waals surface area contributed by atoms with Gasteiger partial charge in [-0.25, -0.2) is 14.2 Å². The van der Waals surface area contributed by atoms with Crippen molar-refractivity contribution in [3.05, 3.63) is 95.8 Å². The minimum atomic E-state index is -1.94. The van der Waals surface area contributed by atoms with Gasteiger partial charge in [0.15, 0.2) is 17.8 Å². The van der Waals surface area contributed by atoms with Crippen LogP contribution in [-0.2, 0) is 19.9 Å². The van der Waals surface area contributed by atoms with Crippen molar-refractivity contribution >= 4 is 38.6 Å². The Hall–Kier alpha value is -3.66. The molecule has 4 aromatic rings. The highest BCUT2D eigenvalue weighted by atomic mass is 32.1. The molecule has 7 rings (SSSR count). The molecule has 0 radical (unpaired) electrons. The Balaban J connectivity index is 1.18. The third-order valence-corrected chi connectivity index (χ3v) is 9.01. The minimum Gasteiger partial charge on any atom is -0.453 e. The lowest BCUT2D eigenvalue weighted by atomic mass is 9.82. The van der Waals surface area contributed by atoms with Crippen LogP contribution in [-0.4, -0.2) is 58.7 Å². The minimum absolute atomic E-state index is 0.176. The SMILES string of the molecule is O=C(C[N+]12CCC(CC1)C(OC(=O)C(O)(c1ccccc1)c1ccccc1)C2)Nc1nc2cc(F)ccc2s1. The summed E-state index contributed by atoms with van der Waals surface area (Å²) < 4.78 is 20.9. The lowest BCUT2D eigenvalue weighted by molar-refractivity contribution is -0.939. The number of hydrogen-bond donors (Lipinski definition) is 2. The van der Waals surface area contributed by atoms with Gasteiger partial charge in [0, 0.05) is 24.8 Å². The van der Waals surface area contributed by atoms with E-state index < -0.39 is 17.7 Å². The summed E-state index contributed by atoms with van der Waals surface area (Å²) in [7, 11) is 0. The van der Waals surface area contributed by atoms with Gasteiger partial charge < -0.3 is 14.3 Å². The maximum Gasteiger partial charge on any atom is 0.348 e. The zero-order valence-electron chi connectivity index (χ0n) is 21.3. The molecule has 3 fully saturated rings. The molecule has 39 heavy (non-hydrogen) atoms. The number of thiazole rings is 1. The molecule has 0 spiro atoms. The number of aliphatic hydroxyl groups is 1. The van der Waals surface area contributed by atoms with Gasteiger partial charge in [-0.05, 0) is 23.3 Å². The Morgan fingerprint density at radius 1 is 1.03 bits per heavy atom. The van der Waals surface area contributed by atoms with Crippen LogP contribution in [0.4, 0.5) is 9.52 Å². The number of amides is 1. The van der Waals surface area contributed by atoms with E-state index in [2.05, 4.69) is 10.3 Å². The Morgan fingerprint density at radius 2 is 1.67 bits per heavy atom. The second-order valence-electron chi connectivity index (χ2n) is 10.5. The van der Waals surface area contributed by atoms with Crippen molar-refractivity contribution in [2.45, 2.75) is 24.5 Å². The van der Waals surface area contributed by atoms with Crippen LogP contribution in [0.1, 0.15) is 24.0 Å². The lowest BCUT2D eigenvalue weighted by Gasteiger charge is -2.51. The van der Waals surface area contributed by atoms with Gasteiger partial charge in [-0.15, -0.1) is 0 Å². The predicted molar refractivity (Wildman–Crippen MR) is 146 cm³/mol. The van der Waals surface area contributed by atoms with Crippen LogP contribution in [0.5, 0.6) is 0 Å². The number of anilines is 1. The van der Waals surface area contributed by atoms with Crippen LogP contribution >= 0.6 is 11.3 Å². The van der Waals surface area contributed by atoms with E-state index in [4.69, 9.17) is 4.74 Å². The zero-order valence-corrected chi connectivity index (χ0v) is 22.1. The van der Waals surface area contributed by atoms with E-state index in [9.17, 15) is 19.1 Å². The molecule has 3 aromatic carbocycles. The molecule has 2 N–H and O–H groups in total. The molecular formula is C30H29FN3O4S+. The highest BCUT2D eigenvalue weighted by Crippen LogP contribution is 2.38. The van der Waals surface area contributed by atoms with Gasteiger partial charge in [0.2, 0.25) is 5.60 Å². The molecule has 1 amide bonds. The number of hydrogen-bond acceptors (Lipinski definition) is 6. The summed E-state index contributed by atoms with van der Waals surface area (Å²) in [5.74, 6) is -1.06. The number of ether oxygens (including phenoxy) is 1. The van der Waals surface area contributed by atoms with E-state index in [1.165, 1.54) is 23.5 Å². The number of aromatic nitrogens is 1. The first-order valence-electron chi connectivity index (χ1n) is 13.1. The van der Waals surface area contributed by atoms with Crippen molar-refractivity contribution in [3.63, 3.8) is 0 Å². The van der Waals surface area contributed by atoms with Gasteiger partial charge in [-0.1, -0.05) is 72.0 Å². The number of esters is 1. The van der Waals surface area contributed by atoms with Crippen molar-refractivity contribution in [3.8, 4) is 0 Å². The van der Waals surface area contributed by atoms with E-state index in [0.29, 0.717) is 32.8 Å². The number of carbonyl (C=O) groups excluding carboxylic acids is 2. The van der Waals surface area contributed by atoms with E-state index in [1.807, 2.05) is 12.1 Å². The number of carbonyl (C=O) groups is 2. The standard InChI is InChI=1S/C30H28FN3O4S/c31-23-11-12-26-24(17-23)32-29(39-26)33-27(35)19-34-15-13-20(14-16-34)25(18-34)38-28(36)30(37,21-7-3-1-4-8-21)22-9-5-2-6-10-22/h1-12,17,20,25,37H,13-16,18-19H2/p+1. The maximum atomic E-state index is 13.7. The van der Waals surface area contributed by atoms with Crippen LogP contribution in [0.15, 0.2) is 78.9 Å². The van der Waals surface area contributed by atoms with Crippen LogP contribution in [0.2, 0.25) is 0 Å². The van der Waals surface area contributed by atoms with E-state index in [0.717, 1.165) is 30.6 Å². The fourth-order valence-electron chi connectivity index (χ4n) is 5.98. The second kappa shape index (κ2) is 10.1. The number of nitrogens with one attached hydrogen (secondary N) is 1. The molecular weight excluding hydrogens is 517 g/mol. The molecule has 3 aliphatic heterocycles. The largest absolute Gasteiger partial charge is 0.453 e. The van der Waals surface area contributed by atoms with Gasteiger partial charge in [0.05, 0.1) is 23.3 Å². The topological polar surface area (TPSA) is 88.5 Å². The average molecular weight is 547 g/mol. The summed E-state index contributed by atoms with van der Waals surface area (Å²) in [6.45, 7) is 2.37. The first kappa shape index (κ1) is 25.6. The first-order chi connectivity index (χ1) is 18.8. The smallest absolute Gasteiger partial charge is 0.348 e. The number of nitrogens with zero attached hydrogens (tertiary/aromatic N) is 2. The van der Waals surface area contributed by atoms with Crippen molar-refractivity contribution in [2.24, 2.45) is 5.92 Å². The van der Waals surface area contributed by atoms with Crippen LogP contribution < -0.4 is 5.32 Å². The summed E-state index contributed by atoms with van der Waals surface area (Å²) in [4.78, 5) is 31.1. The van der Waals surface area contributed by atoms with Gasteiger partial charge in [-0.3, -0.25) is 10.1 Å². The third-order valence-electron chi connectivity index (χ3n) is 8.05. The number of fused-ring (bicyclic) bond motifs is 4. The molecule has 3 aliphatic rings. The van der Waals surface area contributed by atoms with Gasteiger partial charge in [0.25, 0.3) is 5.91 Å². The normalized spacial score (nSPS) is 22.5. The van der Waals surface area contributed by atoms with Crippen LogP contribution in [0, 0.1) is 11.7 Å². The van der Waals surface area contributed by atoms with E-state index in [-0.39, 0.29) is 24.2 Å². The molecule has 3 saturated heterocycles. The quantitative estimate of drug-likeness (QED) is 0.264. The molecule has 7 nitrogen and oxygen atoms in total. The van der Waals surface area contributed by atoms with Gasteiger partial charge >= 0.3 is 5.97 Å². The number of rotatable bonds is 7. The summed E-state index contributed by atoms with van der Waals surface area (Å²) in [5, 5.41) is 15.1. The maximum absolute atomic E-state index is 13.7. The van der Waals surface area contributed by atoms with E-state index in [1.54, 1.807) is 54.6 Å². The molecule has 0 saturated carbocycles. The number of piperidine rings is 3. The Bertz CT molecular complexity index is 1460. The summed E-state index contributed by atoms with van der Waals surface area (Å²) in [6, 6.07) is 22.1. The summed E-state index contributed by atoms with van der Waals surface area (Å²) in [6.07, 6.45) is 1.26. The molecule has 1 aromatic heterocycles. The third kappa shape index (κ3) is 4.93. The number of quaternary nitrogens is 1. The summed E-state index contributed by atoms with van der Waals surface area (Å²) >= 11 is 1.31. The van der Waals surface area contributed by atoms with Gasteiger partial charge in [0.1, 0.15) is 12.4 Å². The molecule has 4 heterocycles. The molecule has 9 heteroatoms. The van der Waals surface area contributed by atoms with E-state index >= 15 is 0 Å². The average Bonchev–Trinajstić information content (AvgIpc) is 3.34. The molecule has 2 bridgehead atoms. The van der Waals surface area contributed by atoms with Crippen molar-refractivity contribution in [1.82, 2.24) is 4.98 Å². The van der Waals surface area contributed by atoms with Gasteiger partial charge in [-0.2, -0.15) is 0 Å². The zero-order chi connectivity index (χ0) is 27.0. The van der Waals surface area contributed by atoms with Crippen molar-refractivity contribution < 1.29 is 28.3 Å². The second-order valence-corrected chi connectivity index (χ2v) is 11.6. The Morgan fingerprint density at radius 3 is 2.31 bits per heavy atom. The molecule has 1 unspecified atom stereocenters. The lowest BCUT2D eigenvalue weighted by Crippen LogP contribution is -2.66. The number of halogens is 1. The Labute approximate surface area is 229 Å². The Kier molecular flexibility index (Phi) is 6.66. The summed E-state index contributed by atoms with van der Waals surface area (Å²) in [5.41, 5.74) is -0.538. The highest BCUT2D eigenvalue weighted by molar-refractivity contribution is 7.22.